The third-order valence-electron chi connectivity index (χ3n) is 3.76. The molecule has 0 radical (unpaired) electrons. The van der Waals surface area contributed by atoms with Crippen LogP contribution in [0.3, 0.4) is 0 Å². The Hall–Kier alpha value is -2.06. The number of benzene rings is 1. The molecule has 0 aliphatic rings. The predicted molar refractivity (Wildman–Crippen MR) is 103 cm³/mol. The first-order chi connectivity index (χ1) is 12.3. The number of nitrogens with one attached hydrogen (secondary N) is 2. The number of hydrogen-bond donors (Lipinski definition) is 5. The number of phenols is 1. The Morgan fingerprint density at radius 2 is 1.81 bits per heavy atom. The van der Waals surface area contributed by atoms with E-state index in [1.807, 2.05) is 13.8 Å². The molecule has 1 aromatic rings. The lowest BCUT2D eigenvalue weighted by Crippen LogP contribution is -2.54. The van der Waals surface area contributed by atoms with Crippen LogP contribution in [-0.4, -0.2) is 47.1 Å². The molecule has 2 amide bonds. The largest absolute Gasteiger partial charge is 0.508 e. The van der Waals surface area contributed by atoms with E-state index >= 15 is 0 Å². The van der Waals surface area contributed by atoms with Crippen LogP contribution in [0.1, 0.15) is 25.8 Å². The van der Waals surface area contributed by atoms with Gasteiger partial charge >= 0.3 is 0 Å². The van der Waals surface area contributed by atoms with Crippen LogP contribution in [0.5, 0.6) is 5.75 Å². The van der Waals surface area contributed by atoms with Gasteiger partial charge < -0.3 is 26.3 Å². The Kier molecular flexibility index (Phi) is 9.15. The fourth-order valence-corrected chi connectivity index (χ4v) is 2.65. The Morgan fingerprint density at radius 1 is 1.19 bits per heavy atom. The lowest BCUT2D eigenvalue weighted by Gasteiger charge is -2.21. The average molecular weight is 381 g/mol. The fraction of sp³-hybridized carbons (Fsp3) is 0.500. The van der Waals surface area contributed by atoms with Crippen LogP contribution in [0.2, 0.25) is 0 Å². The summed E-state index contributed by atoms with van der Waals surface area (Å²) in [7, 11) is 0. The standard InChI is InChI=1S/C18H27N3O4S/c1-11(2)7-15(19)17(24)21-16(10-26)18(25)20-13(9-22)8-12-3-5-14(23)6-4-12/h3-6,9,11,13,15-16,23,26H,7-8,10,19H2,1-2H3,(H,20,25)(H,21,24)/t13-,15-,16-/m0/s1. The van der Waals surface area contributed by atoms with Crippen LogP contribution in [-0.2, 0) is 20.8 Å². The second-order valence-corrected chi connectivity index (χ2v) is 6.97. The van der Waals surface area contributed by atoms with Crippen molar-refractivity contribution in [1.29, 1.82) is 0 Å². The van der Waals surface area contributed by atoms with Gasteiger partial charge in [0.15, 0.2) is 0 Å². The molecule has 0 heterocycles. The van der Waals surface area contributed by atoms with Gasteiger partial charge in [-0.2, -0.15) is 12.6 Å². The first kappa shape index (κ1) is 22.0. The Balaban J connectivity index is 2.64. The fourth-order valence-electron chi connectivity index (χ4n) is 2.39. The molecule has 0 aliphatic carbocycles. The lowest BCUT2D eigenvalue weighted by atomic mass is 10.0. The minimum absolute atomic E-state index is 0.0801. The van der Waals surface area contributed by atoms with Gasteiger partial charge in [0.05, 0.1) is 12.1 Å². The molecule has 8 heteroatoms. The van der Waals surface area contributed by atoms with E-state index in [1.165, 1.54) is 12.1 Å². The summed E-state index contributed by atoms with van der Waals surface area (Å²) in [6, 6.07) is 4.00. The Morgan fingerprint density at radius 3 is 2.31 bits per heavy atom. The van der Waals surface area contributed by atoms with Crippen molar-refractivity contribution in [3.63, 3.8) is 0 Å². The molecule has 0 saturated carbocycles. The molecule has 0 bridgehead atoms. The molecule has 0 spiro atoms. The lowest BCUT2D eigenvalue weighted by molar-refractivity contribution is -0.130. The molecular formula is C18H27N3O4S. The highest BCUT2D eigenvalue weighted by Crippen LogP contribution is 2.11. The van der Waals surface area contributed by atoms with Gasteiger partial charge in [-0.3, -0.25) is 9.59 Å². The number of phenolic OH excluding ortho intramolecular Hbond substituents is 1. The second-order valence-electron chi connectivity index (χ2n) is 6.60. The number of aromatic hydroxyl groups is 1. The zero-order chi connectivity index (χ0) is 19.7. The molecular weight excluding hydrogens is 354 g/mol. The highest BCUT2D eigenvalue weighted by atomic mass is 32.1. The van der Waals surface area contributed by atoms with Gasteiger partial charge in [-0.05, 0) is 36.5 Å². The monoisotopic (exact) mass is 381 g/mol. The molecule has 5 N–H and O–H groups in total. The van der Waals surface area contributed by atoms with Crippen molar-refractivity contribution in [2.24, 2.45) is 11.7 Å². The average Bonchev–Trinajstić information content (AvgIpc) is 2.59. The molecule has 0 fully saturated rings. The number of rotatable bonds is 10. The van der Waals surface area contributed by atoms with Gasteiger partial charge in [-0.25, -0.2) is 0 Å². The van der Waals surface area contributed by atoms with Gasteiger partial charge in [0, 0.05) is 5.75 Å². The van der Waals surface area contributed by atoms with Crippen molar-refractivity contribution < 1.29 is 19.5 Å². The van der Waals surface area contributed by atoms with Crippen molar-refractivity contribution in [3.05, 3.63) is 29.8 Å². The zero-order valence-corrected chi connectivity index (χ0v) is 15.9. The minimum atomic E-state index is -0.883. The Labute approximate surface area is 159 Å². The molecule has 0 saturated heterocycles. The molecule has 1 rings (SSSR count). The molecule has 0 aromatic heterocycles. The molecule has 3 atom stereocenters. The van der Waals surface area contributed by atoms with Crippen molar-refractivity contribution in [3.8, 4) is 5.75 Å². The van der Waals surface area contributed by atoms with Crippen LogP contribution in [0.4, 0.5) is 0 Å². The summed E-state index contributed by atoms with van der Waals surface area (Å²) in [6.07, 6.45) is 1.41. The number of thiol groups is 1. The predicted octanol–water partition coefficient (Wildman–Crippen LogP) is 0.406. The summed E-state index contributed by atoms with van der Waals surface area (Å²) in [5, 5.41) is 14.4. The quantitative estimate of drug-likeness (QED) is 0.297. The number of nitrogens with two attached hydrogens (primary N) is 1. The van der Waals surface area contributed by atoms with E-state index in [9.17, 15) is 19.5 Å². The van der Waals surface area contributed by atoms with Gasteiger partial charge in [0.1, 0.15) is 18.1 Å². The van der Waals surface area contributed by atoms with Crippen LogP contribution >= 0.6 is 12.6 Å². The van der Waals surface area contributed by atoms with Crippen molar-refractivity contribution >= 4 is 30.7 Å². The van der Waals surface area contributed by atoms with Crippen LogP contribution < -0.4 is 16.4 Å². The topological polar surface area (TPSA) is 122 Å². The van der Waals surface area contributed by atoms with Gasteiger partial charge in [0.2, 0.25) is 11.8 Å². The molecule has 0 unspecified atom stereocenters. The third-order valence-corrected chi connectivity index (χ3v) is 4.13. The maximum absolute atomic E-state index is 12.4. The van der Waals surface area contributed by atoms with E-state index in [1.54, 1.807) is 12.1 Å². The van der Waals surface area contributed by atoms with E-state index in [4.69, 9.17) is 5.73 Å². The van der Waals surface area contributed by atoms with Crippen LogP contribution in [0.25, 0.3) is 0 Å². The van der Waals surface area contributed by atoms with Gasteiger partial charge in [-0.1, -0.05) is 26.0 Å². The minimum Gasteiger partial charge on any atom is -0.508 e. The zero-order valence-electron chi connectivity index (χ0n) is 15.0. The first-order valence-corrected chi connectivity index (χ1v) is 9.10. The molecule has 0 aliphatic heterocycles. The Bertz CT molecular complexity index is 607. The second kappa shape index (κ2) is 10.8. The number of carbonyl (C=O) groups excluding carboxylic acids is 3. The summed E-state index contributed by atoms with van der Waals surface area (Å²) in [5.41, 5.74) is 6.60. The van der Waals surface area contributed by atoms with Crippen molar-refractivity contribution in [1.82, 2.24) is 10.6 Å². The maximum atomic E-state index is 12.4. The first-order valence-electron chi connectivity index (χ1n) is 8.47. The van der Waals surface area contributed by atoms with E-state index in [2.05, 4.69) is 23.3 Å². The smallest absolute Gasteiger partial charge is 0.244 e. The van der Waals surface area contributed by atoms with Crippen LogP contribution in [0.15, 0.2) is 24.3 Å². The van der Waals surface area contributed by atoms with Crippen LogP contribution in [0, 0.1) is 5.92 Å². The molecule has 7 nitrogen and oxygen atoms in total. The number of carbonyl (C=O) groups is 3. The van der Waals surface area contributed by atoms with E-state index < -0.39 is 29.9 Å². The van der Waals surface area contributed by atoms with Gasteiger partial charge in [-0.15, -0.1) is 0 Å². The normalized spacial score (nSPS) is 14.3. The highest BCUT2D eigenvalue weighted by molar-refractivity contribution is 7.80. The molecule has 26 heavy (non-hydrogen) atoms. The number of amides is 2. The number of hydrogen-bond acceptors (Lipinski definition) is 6. The summed E-state index contributed by atoms with van der Waals surface area (Å²) < 4.78 is 0. The maximum Gasteiger partial charge on any atom is 0.244 e. The van der Waals surface area contributed by atoms with Gasteiger partial charge in [0.25, 0.3) is 0 Å². The van der Waals surface area contributed by atoms with Crippen molar-refractivity contribution in [2.75, 3.05) is 5.75 Å². The summed E-state index contributed by atoms with van der Waals surface area (Å²) >= 11 is 4.10. The van der Waals surface area contributed by atoms with E-state index in [0.29, 0.717) is 12.7 Å². The van der Waals surface area contributed by atoms with E-state index in [-0.39, 0.29) is 23.8 Å². The number of aldehydes is 1. The third kappa shape index (κ3) is 7.45. The summed E-state index contributed by atoms with van der Waals surface area (Å²) in [5.74, 6) is -0.466. The molecule has 1 aromatic carbocycles. The SMILES string of the molecule is CC(C)C[C@H](N)C(=O)N[C@@H](CS)C(=O)N[C@H](C=O)Cc1ccc(O)cc1. The van der Waals surface area contributed by atoms with E-state index in [0.717, 1.165) is 5.56 Å². The molecule has 144 valence electrons. The summed E-state index contributed by atoms with van der Waals surface area (Å²) in [4.78, 5) is 35.7. The van der Waals surface area contributed by atoms with Crippen molar-refractivity contribution in [2.45, 2.75) is 44.8 Å². The summed E-state index contributed by atoms with van der Waals surface area (Å²) in [6.45, 7) is 3.90. The highest BCUT2D eigenvalue weighted by Gasteiger charge is 2.24.